The Hall–Kier alpha value is -2.76. The predicted octanol–water partition coefficient (Wildman–Crippen LogP) is 1.45. The molecule has 0 saturated carbocycles. The number of carbonyl (C=O) groups excluding carboxylic acids is 2. The monoisotopic (exact) mass is 284 g/mol. The number of hydrogen-bond acceptors (Lipinski definition) is 4. The molecule has 2 amide bonds. The first-order valence-electron chi connectivity index (χ1n) is 6.52. The Kier molecular flexibility index (Phi) is 3.13. The number of pyridine rings is 1. The molecule has 1 unspecified atom stereocenters. The van der Waals surface area contributed by atoms with Crippen molar-refractivity contribution in [1.29, 1.82) is 0 Å². The lowest BCUT2D eigenvalue weighted by atomic mass is 9.88. The van der Waals surface area contributed by atoms with Crippen molar-refractivity contribution in [2.75, 3.05) is 0 Å². The van der Waals surface area contributed by atoms with E-state index in [1.54, 1.807) is 24.4 Å². The Labute approximate surface area is 119 Å². The van der Waals surface area contributed by atoms with Crippen LogP contribution in [-0.4, -0.2) is 27.9 Å². The van der Waals surface area contributed by atoms with Crippen LogP contribution in [0.4, 0.5) is 0 Å². The Morgan fingerprint density at radius 3 is 2.86 bits per heavy atom. The first-order valence-corrected chi connectivity index (χ1v) is 6.52. The average molecular weight is 284 g/mol. The van der Waals surface area contributed by atoms with Gasteiger partial charge in [-0.15, -0.1) is 0 Å². The van der Waals surface area contributed by atoms with Crippen LogP contribution < -0.4 is 5.32 Å². The van der Waals surface area contributed by atoms with Crippen LogP contribution in [0.25, 0.3) is 10.9 Å². The van der Waals surface area contributed by atoms with Crippen LogP contribution in [0.1, 0.15) is 34.7 Å². The predicted molar refractivity (Wildman–Crippen MR) is 73.8 cm³/mol. The number of aromatic nitrogens is 1. The molecule has 0 radical (unpaired) electrons. The number of piperidine rings is 1. The second kappa shape index (κ2) is 4.97. The molecular weight excluding hydrogens is 272 g/mol. The molecule has 1 aliphatic heterocycles. The molecule has 1 aromatic carbocycles. The highest BCUT2D eigenvalue weighted by Gasteiger charge is 2.29. The van der Waals surface area contributed by atoms with E-state index >= 15 is 0 Å². The van der Waals surface area contributed by atoms with Gasteiger partial charge in [-0.2, -0.15) is 0 Å². The third-order valence-electron chi connectivity index (χ3n) is 3.62. The normalized spacial score (nSPS) is 18.6. The quantitative estimate of drug-likeness (QED) is 0.814. The summed E-state index contributed by atoms with van der Waals surface area (Å²) < 4.78 is 0. The molecule has 6 heteroatoms. The summed E-state index contributed by atoms with van der Waals surface area (Å²) in [7, 11) is 0. The van der Waals surface area contributed by atoms with E-state index in [2.05, 4.69) is 10.3 Å². The van der Waals surface area contributed by atoms with Gasteiger partial charge in [-0.1, -0.05) is 6.07 Å². The lowest BCUT2D eigenvalue weighted by Crippen LogP contribution is -2.39. The molecule has 1 saturated heterocycles. The highest BCUT2D eigenvalue weighted by atomic mass is 16.4. The molecule has 0 bridgehead atoms. The summed E-state index contributed by atoms with van der Waals surface area (Å²) in [5.74, 6) is -2.28. The van der Waals surface area contributed by atoms with E-state index in [9.17, 15) is 19.5 Å². The van der Waals surface area contributed by atoms with Gasteiger partial charge < -0.3 is 5.11 Å². The molecular formula is C15H12N2O4. The minimum absolute atomic E-state index is 0.111. The zero-order chi connectivity index (χ0) is 15.0. The zero-order valence-corrected chi connectivity index (χ0v) is 11.0. The van der Waals surface area contributed by atoms with Crippen molar-refractivity contribution < 1.29 is 19.5 Å². The standard InChI is InChI=1S/C15H12N2O4/c18-13-4-3-9(14(19)17-13)8-6-11(15(20)21)10-2-1-5-16-12(10)7-8/h1-2,5-7,9H,3-4H2,(H,20,21)(H,17,18,19). The van der Waals surface area contributed by atoms with Gasteiger partial charge in [0.1, 0.15) is 0 Å². The average Bonchev–Trinajstić information content (AvgIpc) is 2.46. The number of carboxylic acid groups (broad SMARTS) is 1. The Morgan fingerprint density at radius 1 is 1.33 bits per heavy atom. The second-order valence-electron chi connectivity index (χ2n) is 4.95. The van der Waals surface area contributed by atoms with E-state index in [-0.39, 0.29) is 17.9 Å². The van der Waals surface area contributed by atoms with E-state index in [4.69, 9.17) is 0 Å². The van der Waals surface area contributed by atoms with E-state index in [0.29, 0.717) is 22.9 Å². The minimum atomic E-state index is -1.07. The fraction of sp³-hybridized carbons (Fsp3) is 0.200. The van der Waals surface area contributed by atoms with Crippen molar-refractivity contribution in [3.63, 3.8) is 0 Å². The van der Waals surface area contributed by atoms with E-state index in [1.165, 1.54) is 6.07 Å². The molecule has 2 N–H and O–H groups in total. The van der Waals surface area contributed by atoms with Gasteiger partial charge in [0, 0.05) is 18.0 Å². The van der Waals surface area contributed by atoms with Crippen molar-refractivity contribution in [3.05, 3.63) is 41.6 Å². The molecule has 1 aliphatic rings. The molecule has 1 aromatic heterocycles. The van der Waals surface area contributed by atoms with Crippen molar-refractivity contribution in [2.24, 2.45) is 0 Å². The van der Waals surface area contributed by atoms with Crippen LogP contribution >= 0.6 is 0 Å². The fourth-order valence-corrected chi connectivity index (χ4v) is 2.59. The van der Waals surface area contributed by atoms with E-state index in [0.717, 1.165) is 0 Å². The number of imide groups is 1. The molecule has 3 rings (SSSR count). The third-order valence-corrected chi connectivity index (χ3v) is 3.62. The lowest BCUT2D eigenvalue weighted by Gasteiger charge is -2.21. The van der Waals surface area contributed by atoms with Crippen LogP contribution in [0.5, 0.6) is 0 Å². The third kappa shape index (κ3) is 2.35. The van der Waals surface area contributed by atoms with Gasteiger partial charge in [0.15, 0.2) is 0 Å². The highest BCUT2D eigenvalue weighted by molar-refractivity contribution is 6.05. The molecule has 1 atom stereocenters. The van der Waals surface area contributed by atoms with Crippen molar-refractivity contribution in [1.82, 2.24) is 10.3 Å². The van der Waals surface area contributed by atoms with Gasteiger partial charge in [-0.3, -0.25) is 19.9 Å². The largest absolute Gasteiger partial charge is 0.478 e. The summed E-state index contributed by atoms with van der Waals surface area (Å²) in [6, 6.07) is 6.55. The Morgan fingerprint density at radius 2 is 2.14 bits per heavy atom. The smallest absolute Gasteiger partial charge is 0.336 e. The first-order chi connectivity index (χ1) is 10.1. The maximum absolute atomic E-state index is 11.9. The molecule has 0 aliphatic carbocycles. The summed E-state index contributed by atoms with van der Waals surface area (Å²) in [5, 5.41) is 12.1. The minimum Gasteiger partial charge on any atom is -0.478 e. The van der Waals surface area contributed by atoms with Crippen molar-refractivity contribution in [3.8, 4) is 0 Å². The summed E-state index contributed by atoms with van der Waals surface area (Å²) in [5.41, 5.74) is 1.21. The Balaban J connectivity index is 2.13. The maximum atomic E-state index is 11.9. The van der Waals surface area contributed by atoms with Gasteiger partial charge in [0.05, 0.1) is 17.0 Å². The van der Waals surface area contributed by atoms with Crippen LogP contribution in [0.15, 0.2) is 30.5 Å². The highest BCUT2D eigenvalue weighted by Crippen LogP contribution is 2.29. The molecule has 21 heavy (non-hydrogen) atoms. The maximum Gasteiger partial charge on any atom is 0.336 e. The van der Waals surface area contributed by atoms with Crippen LogP contribution in [0.2, 0.25) is 0 Å². The number of nitrogens with one attached hydrogen (secondary N) is 1. The van der Waals surface area contributed by atoms with E-state index < -0.39 is 17.8 Å². The second-order valence-corrected chi connectivity index (χ2v) is 4.95. The molecule has 0 spiro atoms. The topological polar surface area (TPSA) is 96.4 Å². The van der Waals surface area contributed by atoms with Crippen molar-refractivity contribution in [2.45, 2.75) is 18.8 Å². The number of amides is 2. The van der Waals surface area contributed by atoms with E-state index in [1.807, 2.05) is 0 Å². The summed E-state index contributed by atoms with van der Waals surface area (Å²) in [4.78, 5) is 38.7. The summed E-state index contributed by atoms with van der Waals surface area (Å²) in [6.45, 7) is 0. The van der Waals surface area contributed by atoms with Gasteiger partial charge in [-0.05, 0) is 30.2 Å². The number of hydrogen-bond donors (Lipinski definition) is 2. The molecule has 2 aromatic rings. The summed E-state index contributed by atoms with van der Waals surface area (Å²) >= 11 is 0. The van der Waals surface area contributed by atoms with Crippen LogP contribution in [-0.2, 0) is 9.59 Å². The number of carbonyl (C=O) groups is 3. The molecule has 1 fully saturated rings. The molecule has 6 nitrogen and oxygen atoms in total. The first kappa shape index (κ1) is 13.2. The number of fused-ring (bicyclic) bond motifs is 1. The molecule has 106 valence electrons. The zero-order valence-electron chi connectivity index (χ0n) is 11.0. The van der Waals surface area contributed by atoms with Gasteiger partial charge >= 0.3 is 5.97 Å². The lowest BCUT2D eigenvalue weighted by molar-refractivity contribution is -0.134. The fourth-order valence-electron chi connectivity index (χ4n) is 2.59. The molecule has 2 heterocycles. The number of nitrogens with zero attached hydrogens (tertiary/aromatic N) is 1. The Bertz CT molecular complexity index is 769. The number of rotatable bonds is 2. The van der Waals surface area contributed by atoms with Crippen LogP contribution in [0, 0.1) is 0 Å². The number of carboxylic acids is 1. The number of aromatic carboxylic acids is 1. The van der Waals surface area contributed by atoms with Crippen LogP contribution in [0.3, 0.4) is 0 Å². The number of benzene rings is 1. The summed E-state index contributed by atoms with van der Waals surface area (Å²) in [6.07, 6.45) is 2.20. The SMILES string of the molecule is O=C1CCC(c2cc(C(=O)O)c3cccnc3c2)C(=O)N1. The van der Waals surface area contributed by atoms with Crippen molar-refractivity contribution >= 4 is 28.7 Å². The van der Waals surface area contributed by atoms with Gasteiger partial charge in [-0.25, -0.2) is 4.79 Å². The van der Waals surface area contributed by atoms with Gasteiger partial charge in [0.2, 0.25) is 11.8 Å². The van der Waals surface area contributed by atoms with Gasteiger partial charge in [0.25, 0.3) is 0 Å².